The highest BCUT2D eigenvalue weighted by Crippen LogP contribution is 2.16. The summed E-state index contributed by atoms with van der Waals surface area (Å²) in [5.74, 6) is -0.778. The molecule has 1 rings (SSSR count). The van der Waals surface area contributed by atoms with Crippen molar-refractivity contribution in [1.82, 2.24) is 0 Å². The topological polar surface area (TPSA) is 26.3 Å². The Kier molecular flexibility index (Phi) is 4.45. The van der Waals surface area contributed by atoms with E-state index in [1.807, 2.05) is 0 Å². The van der Waals surface area contributed by atoms with E-state index >= 15 is 0 Å². The summed E-state index contributed by atoms with van der Waals surface area (Å²) in [5.41, 5.74) is 0.983. The van der Waals surface area contributed by atoms with Crippen LogP contribution in [0, 0.1) is 5.82 Å². The van der Waals surface area contributed by atoms with E-state index in [4.69, 9.17) is 4.74 Å². The first-order valence-corrected chi connectivity index (χ1v) is 4.94. The molecule has 0 radical (unpaired) electrons. The van der Waals surface area contributed by atoms with Gasteiger partial charge >= 0.3 is 5.97 Å². The molecule has 0 fully saturated rings. The Balaban J connectivity index is 3.03. The predicted octanol–water partition coefficient (Wildman–Crippen LogP) is 2.96. The van der Waals surface area contributed by atoms with E-state index < -0.39 is 5.97 Å². The third kappa shape index (κ3) is 3.05. The lowest BCUT2D eigenvalue weighted by Gasteiger charge is -2.06. The molecule has 0 saturated heterocycles. The standard InChI is InChI=1S/C13H13FO2/c1-3-5-12(13(15)16-4-2)10-6-8-11(14)9-7-10/h3,5-9H,1,4H2,2H3/b12-5+. The molecule has 2 nitrogen and oxygen atoms in total. The summed E-state index contributed by atoms with van der Waals surface area (Å²) in [5, 5.41) is 0. The highest BCUT2D eigenvalue weighted by Gasteiger charge is 2.11. The Hall–Kier alpha value is -1.90. The van der Waals surface area contributed by atoms with Crippen molar-refractivity contribution in [2.45, 2.75) is 6.92 Å². The van der Waals surface area contributed by atoms with Crippen LogP contribution < -0.4 is 0 Å². The molecule has 84 valence electrons. The summed E-state index contributed by atoms with van der Waals surface area (Å²) in [7, 11) is 0. The van der Waals surface area contributed by atoms with Crippen LogP contribution in [-0.2, 0) is 9.53 Å². The monoisotopic (exact) mass is 220 g/mol. The van der Waals surface area contributed by atoms with Gasteiger partial charge in [-0.3, -0.25) is 0 Å². The Morgan fingerprint density at radius 1 is 1.44 bits per heavy atom. The summed E-state index contributed by atoms with van der Waals surface area (Å²) in [6.07, 6.45) is 3.04. The molecule has 1 aromatic rings. The zero-order valence-corrected chi connectivity index (χ0v) is 9.07. The first-order valence-electron chi connectivity index (χ1n) is 4.94. The molecule has 0 aliphatic rings. The molecule has 0 saturated carbocycles. The summed E-state index contributed by atoms with van der Waals surface area (Å²) < 4.78 is 17.6. The van der Waals surface area contributed by atoms with E-state index in [-0.39, 0.29) is 5.82 Å². The number of benzene rings is 1. The average Bonchev–Trinajstić information content (AvgIpc) is 2.28. The van der Waals surface area contributed by atoms with Crippen LogP contribution in [0.25, 0.3) is 5.57 Å². The molecule has 0 aliphatic heterocycles. The van der Waals surface area contributed by atoms with E-state index in [2.05, 4.69) is 6.58 Å². The zero-order chi connectivity index (χ0) is 12.0. The summed E-state index contributed by atoms with van der Waals surface area (Å²) in [6.45, 7) is 5.56. The number of esters is 1. The molecule has 0 aliphatic carbocycles. The maximum atomic E-state index is 12.7. The van der Waals surface area contributed by atoms with Gasteiger partial charge in [-0.25, -0.2) is 9.18 Å². The number of hydrogen-bond donors (Lipinski definition) is 0. The minimum atomic E-state index is -0.436. The second-order valence-electron chi connectivity index (χ2n) is 3.04. The Morgan fingerprint density at radius 3 is 2.56 bits per heavy atom. The van der Waals surface area contributed by atoms with Gasteiger partial charge in [0.1, 0.15) is 5.82 Å². The van der Waals surface area contributed by atoms with Crippen LogP contribution in [0.5, 0.6) is 0 Å². The summed E-state index contributed by atoms with van der Waals surface area (Å²) in [4.78, 5) is 11.6. The van der Waals surface area contributed by atoms with Gasteiger partial charge in [0, 0.05) is 0 Å². The first kappa shape index (κ1) is 12.2. The molecule has 0 spiro atoms. The maximum Gasteiger partial charge on any atom is 0.338 e. The van der Waals surface area contributed by atoms with Gasteiger partial charge in [0.25, 0.3) is 0 Å². The number of carbonyl (C=O) groups is 1. The van der Waals surface area contributed by atoms with Crippen molar-refractivity contribution in [3.8, 4) is 0 Å². The fraction of sp³-hybridized carbons (Fsp3) is 0.154. The fourth-order valence-electron chi connectivity index (χ4n) is 1.24. The lowest BCUT2D eigenvalue weighted by Crippen LogP contribution is -2.06. The van der Waals surface area contributed by atoms with Gasteiger partial charge in [-0.05, 0) is 30.7 Å². The van der Waals surface area contributed by atoms with Gasteiger partial charge in [-0.2, -0.15) is 0 Å². The van der Waals surface area contributed by atoms with Crippen LogP contribution in [-0.4, -0.2) is 12.6 Å². The second-order valence-corrected chi connectivity index (χ2v) is 3.04. The summed E-state index contributed by atoms with van der Waals surface area (Å²) >= 11 is 0. The van der Waals surface area contributed by atoms with E-state index in [0.717, 1.165) is 0 Å². The largest absolute Gasteiger partial charge is 0.462 e. The van der Waals surface area contributed by atoms with E-state index in [1.54, 1.807) is 13.0 Å². The van der Waals surface area contributed by atoms with Crippen LogP contribution >= 0.6 is 0 Å². The molecule has 0 atom stereocenters. The van der Waals surface area contributed by atoms with Crippen LogP contribution in [0.4, 0.5) is 4.39 Å². The molecule has 0 heterocycles. The van der Waals surface area contributed by atoms with Gasteiger partial charge in [0.15, 0.2) is 0 Å². The number of carbonyl (C=O) groups excluding carboxylic acids is 1. The minimum absolute atomic E-state index is 0.300. The quantitative estimate of drug-likeness (QED) is 0.443. The van der Waals surface area contributed by atoms with Crippen molar-refractivity contribution >= 4 is 11.5 Å². The lowest BCUT2D eigenvalue weighted by molar-refractivity contribution is -0.136. The highest BCUT2D eigenvalue weighted by atomic mass is 19.1. The van der Waals surface area contributed by atoms with Crippen LogP contribution in [0.3, 0.4) is 0 Å². The maximum absolute atomic E-state index is 12.7. The number of hydrogen-bond acceptors (Lipinski definition) is 2. The Morgan fingerprint density at radius 2 is 2.06 bits per heavy atom. The SMILES string of the molecule is C=C/C=C(/C(=O)OCC)c1ccc(F)cc1. The average molecular weight is 220 g/mol. The molecule has 1 aromatic carbocycles. The third-order valence-corrected chi connectivity index (χ3v) is 1.94. The number of ether oxygens (including phenoxy) is 1. The fourth-order valence-corrected chi connectivity index (χ4v) is 1.24. The molecule has 0 unspecified atom stereocenters. The molecule has 0 N–H and O–H groups in total. The second kappa shape index (κ2) is 5.85. The van der Waals surface area contributed by atoms with Crippen LogP contribution in [0.15, 0.2) is 43.0 Å². The third-order valence-electron chi connectivity index (χ3n) is 1.94. The van der Waals surface area contributed by atoms with Crippen molar-refractivity contribution < 1.29 is 13.9 Å². The van der Waals surface area contributed by atoms with Gasteiger partial charge in [-0.1, -0.05) is 24.8 Å². The van der Waals surface area contributed by atoms with E-state index in [1.165, 1.54) is 30.3 Å². The van der Waals surface area contributed by atoms with Crippen LogP contribution in [0.2, 0.25) is 0 Å². The number of rotatable bonds is 4. The smallest absolute Gasteiger partial charge is 0.338 e. The van der Waals surface area contributed by atoms with Gasteiger partial charge in [-0.15, -0.1) is 0 Å². The van der Waals surface area contributed by atoms with Crippen molar-refractivity contribution in [2.24, 2.45) is 0 Å². The molecule has 3 heteroatoms. The zero-order valence-electron chi connectivity index (χ0n) is 9.07. The Bertz CT molecular complexity index is 404. The van der Waals surface area contributed by atoms with Crippen molar-refractivity contribution in [3.05, 3.63) is 54.4 Å². The highest BCUT2D eigenvalue weighted by molar-refractivity contribution is 6.16. The normalized spacial score (nSPS) is 11.0. The predicted molar refractivity (Wildman–Crippen MR) is 61.2 cm³/mol. The minimum Gasteiger partial charge on any atom is -0.462 e. The van der Waals surface area contributed by atoms with Gasteiger partial charge in [0.05, 0.1) is 12.2 Å². The lowest BCUT2D eigenvalue weighted by atomic mass is 10.1. The molecule has 0 bridgehead atoms. The molecule has 0 aromatic heterocycles. The molecule has 0 amide bonds. The Labute approximate surface area is 94.0 Å². The number of halogens is 1. The van der Waals surface area contributed by atoms with Crippen molar-refractivity contribution in [1.29, 1.82) is 0 Å². The number of allylic oxidation sites excluding steroid dienone is 2. The first-order chi connectivity index (χ1) is 7.69. The van der Waals surface area contributed by atoms with Gasteiger partial charge in [0.2, 0.25) is 0 Å². The molecule has 16 heavy (non-hydrogen) atoms. The van der Waals surface area contributed by atoms with Crippen LogP contribution in [0.1, 0.15) is 12.5 Å². The summed E-state index contributed by atoms with van der Waals surface area (Å²) in [6, 6.07) is 5.65. The van der Waals surface area contributed by atoms with E-state index in [9.17, 15) is 9.18 Å². The molecular weight excluding hydrogens is 207 g/mol. The van der Waals surface area contributed by atoms with E-state index in [0.29, 0.717) is 17.7 Å². The van der Waals surface area contributed by atoms with Gasteiger partial charge < -0.3 is 4.74 Å². The van der Waals surface area contributed by atoms with Crippen molar-refractivity contribution in [2.75, 3.05) is 6.61 Å². The molecular formula is C13H13FO2. The van der Waals surface area contributed by atoms with Crippen molar-refractivity contribution in [3.63, 3.8) is 0 Å².